The minimum Gasteiger partial charge on any atom is -0.345 e. The van der Waals surface area contributed by atoms with Crippen molar-refractivity contribution in [3.8, 4) is 0 Å². The van der Waals surface area contributed by atoms with Crippen LogP contribution < -0.4 is 5.32 Å². The summed E-state index contributed by atoms with van der Waals surface area (Å²) in [7, 11) is 0. The molecule has 3 aromatic carbocycles. The number of hydrogen-bond acceptors (Lipinski definition) is 2. The third kappa shape index (κ3) is 4.49. The molecule has 0 radical (unpaired) electrons. The van der Waals surface area contributed by atoms with E-state index in [0.717, 1.165) is 29.0 Å². The van der Waals surface area contributed by atoms with E-state index in [9.17, 15) is 4.79 Å². The number of amides is 1. The molecule has 0 aliphatic rings. The van der Waals surface area contributed by atoms with Gasteiger partial charge in [-0.25, -0.2) is 4.98 Å². The molecule has 0 bridgehead atoms. The fourth-order valence-electron chi connectivity index (χ4n) is 3.54. The number of hydrogen-bond donors (Lipinski definition) is 1. The quantitative estimate of drug-likeness (QED) is 0.466. The smallest absolute Gasteiger partial charge is 0.244 e. The zero-order valence-electron chi connectivity index (χ0n) is 17.3. The van der Waals surface area contributed by atoms with Crippen molar-refractivity contribution in [1.29, 1.82) is 0 Å². The van der Waals surface area contributed by atoms with Crippen LogP contribution in [0.4, 0.5) is 0 Å². The molecule has 0 aliphatic carbocycles. The molecule has 0 saturated carbocycles. The van der Waals surface area contributed by atoms with Gasteiger partial charge in [-0.05, 0) is 48.7 Å². The Morgan fingerprint density at radius 1 is 1.00 bits per heavy atom. The topological polar surface area (TPSA) is 46.9 Å². The van der Waals surface area contributed by atoms with Crippen LogP contribution in [-0.2, 0) is 17.9 Å². The number of fused-ring (bicyclic) bond motifs is 1. The largest absolute Gasteiger partial charge is 0.345 e. The summed E-state index contributed by atoms with van der Waals surface area (Å²) in [6, 6.07) is 24.4. The van der Waals surface area contributed by atoms with Gasteiger partial charge in [-0.1, -0.05) is 66.2 Å². The highest BCUT2D eigenvalue weighted by Gasteiger charge is 2.12. The summed E-state index contributed by atoms with van der Waals surface area (Å²) >= 11 is 0. The monoisotopic (exact) mass is 395 g/mol. The Morgan fingerprint density at radius 3 is 2.60 bits per heavy atom. The number of nitrogens with one attached hydrogen (secondary N) is 1. The van der Waals surface area contributed by atoms with Crippen molar-refractivity contribution in [3.63, 3.8) is 0 Å². The lowest BCUT2D eigenvalue weighted by Crippen LogP contribution is -2.23. The number of rotatable bonds is 6. The van der Waals surface area contributed by atoms with Gasteiger partial charge in [0.2, 0.25) is 5.91 Å². The molecular weight excluding hydrogens is 370 g/mol. The van der Waals surface area contributed by atoms with E-state index in [4.69, 9.17) is 4.98 Å². The van der Waals surface area contributed by atoms with E-state index in [2.05, 4.69) is 48.0 Å². The fourth-order valence-corrected chi connectivity index (χ4v) is 3.54. The Labute approximate surface area is 176 Å². The lowest BCUT2D eigenvalue weighted by atomic mass is 10.1. The first kappa shape index (κ1) is 19.6. The van der Waals surface area contributed by atoms with Crippen LogP contribution in [0.1, 0.15) is 28.1 Å². The van der Waals surface area contributed by atoms with Gasteiger partial charge in [-0.2, -0.15) is 0 Å². The molecule has 1 N–H and O–H groups in total. The molecule has 0 saturated heterocycles. The van der Waals surface area contributed by atoms with Crippen LogP contribution in [0.25, 0.3) is 17.1 Å². The summed E-state index contributed by atoms with van der Waals surface area (Å²) in [6.07, 6.45) is 3.38. The summed E-state index contributed by atoms with van der Waals surface area (Å²) in [5.41, 5.74) is 6.75. The second-order valence-electron chi connectivity index (χ2n) is 7.49. The molecule has 30 heavy (non-hydrogen) atoms. The average molecular weight is 396 g/mol. The number of carbonyl (C=O) groups is 1. The van der Waals surface area contributed by atoms with Crippen molar-refractivity contribution in [2.45, 2.75) is 26.9 Å². The molecule has 0 fully saturated rings. The van der Waals surface area contributed by atoms with Crippen molar-refractivity contribution in [3.05, 3.63) is 107 Å². The zero-order chi connectivity index (χ0) is 20.9. The van der Waals surface area contributed by atoms with Crippen LogP contribution in [0, 0.1) is 13.8 Å². The average Bonchev–Trinajstić information content (AvgIpc) is 3.11. The van der Waals surface area contributed by atoms with E-state index in [0.29, 0.717) is 6.54 Å². The molecule has 0 aliphatic heterocycles. The van der Waals surface area contributed by atoms with Gasteiger partial charge in [-0.15, -0.1) is 0 Å². The Balaban J connectivity index is 1.56. The first-order chi connectivity index (χ1) is 14.6. The second-order valence-corrected chi connectivity index (χ2v) is 7.49. The van der Waals surface area contributed by atoms with E-state index < -0.39 is 0 Å². The lowest BCUT2D eigenvalue weighted by molar-refractivity contribution is -0.116. The summed E-state index contributed by atoms with van der Waals surface area (Å²) in [5.74, 6) is 0.711. The maximum absolute atomic E-state index is 12.3. The molecule has 0 unspecified atom stereocenters. The Kier molecular flexibility index (Phi) is 5.75. The Morgan fingerprint density at radius 2 is 1.77 bits per heavy atom. The number of benzene rings is 3. The standard InChI is InChI=1S/C26H25N3O/c1-19-12-13-20(2)22(16-19)18-29-24-11-7-6-10-23(24)28-25(29)17-27-26(30)15-14-21-8-4-3-5-9-21/h3-16H,17-18H2,1-2H3,(H,27,30)/b15-14-. The minimum atomic E-state index is -0.135. The van der Waals surface area contributed by atoms with Crippen LogP contribution in [0.5, 0.6) is 0 Å². The van der Waals surface area contributed by atoms with E-state index >= 15 is 0 Å². The van der Waals surface area contributed by atoms with E-state index in [1.165, 1.54) is 16.7 Å². The SMILES string of the molecule is Cc1ccc(C)c(Cn2c(CNC(=O)/C=C\c3ccccc3)nc3ccccc32)c1. The van der Waals surface area contributed by atoms with Gasteiger partial charge in [0.25, 0.3) is 0 Å². The van der Waals surface area contributed by atoms with Gasteiger partial charge >= 0.3 is 0 Å². The third-order valence-electron chi connectivity index (χ3n) is 5.21. The molecule has 150 valence electrons. The lowest BCUT2D eigenvalue weighted by Gasteiger charge is -2.12. The molecule has 1 aromatic heterocycles. The number of para-hydroxylation sites is 2. The number of aryl methyl sites for hydroxylation is 2. The minimum absolute atomic E-state index is 0.135. The highest BCUT2D eigenvalue weighted by atomic mass is 16.1. The summed E-state index contributed by atoms with van der Waals surface area (Å²) in [6.45, 7) is 5.33. The summed E-state index contributed by atoms with van der Waals surface area (Å²) in [5, 5.41) is 2.97. The predicted octanol–water partition coefficient (Wildman–Crippen LogP) is 5.03. The van der Waals surface area contributed by atoms with Crippen molar-refractivity contribution in [2.75, 3.05) is 0 Å². The van der Waals surface area contributed by atoms with Crippen LogP contribution in [-0.4, -0.2) is 15.5 Å². The van der Waals surface area contributed by atoms with E-state index in [-0.39, 0.29) is 5.91 Å². The molecule has 4 nitrogen and oxygen atoms in total. The molecule has 1 heterocycles. The molecule has 0 spiro atoms. The van der Waals surface area contributed by atoms with Crippen LogP contribution in [0.3, 0.4) is 0 Å². The van der Waals surface area contributed by atoms with Crippen LogP contribution >= 0.6 is 0 Å². The molecular formula is C26H25N3O. The molecule has 4 rings (SSSR count). The van der Waals surface area contributed by atoms with Crippen molar-refractivity contribution < 1.29 is 4.79 Å². The van der Waals surface area contributed by atoms with Crippen molar-refractivity contribution in [2.24, 2.45) is 0 Å². The van der Waals surface area contributed by atoms with Gasteiger partial charge in [0.15, 0.2) is 0 Å². The van der Waals surface area contributed by atoms with Gasteiger partial charge in [0.05, 0.1) is 17.6 Å². The summed E-state index contributed by atoms with van der Waals surface area (Å²) < 4.78 is 2.19. The van der Waals surface area contributed by atoms with Gasteiger partial charge in [0.1, 0.15) is 5.82 Å². The van der Waals surface area contributed by atoms with Gasteiger partial charge in [-0.3, -0.25) is 4.79 Å². The molecule has 0 atom stereocenters. The first-order valence-corrected chi connectivity index (χ1v) is 10.1. The van der Waals surface area contributed by atoms with Crippen molar-refractivity contribution in [1.82, 2.24) is 14.9 Å². The van der Waals surface area contributed by atoms with Crippen LogP contribution in [0.15, 0.2) is 78.9 Å². The zero-order valence-corrected chi connectivity index (χ0v) is 17.3. The highest BCUT2D eigenvalue weighted by molar-refractivity contribution is 5.91. The Hall–Kier alpha value is -3.66. The fraction of sp³-hybridized carbons (Fsp3) is 0.154. The Bertz CT molecular complexity index is 1210. The first-order valence-electron chi connectivity index (χ1n) is 10.1. The molecule has 4 aromatic rings. The number of imidazole rings is 1. The third-order valence-corrected chi connectivity index (χ3v) is 5.21. The maximum Gasteiger partial charge on any atom is 0.244 e. The van der Waals surface area contributed by atoms with Gasteiger partial charge in [0, 0.05) is 12.6 Å². The van der Waals surface area contributed by atoms with Crippen LogP contribution in [0.2, 0.25) is 0 Å². The number of aromatic nitrogens is 2. The maximum atomic E-state index is 12.3. The highest BCUT2D eigenvalue weighted by Crippen LogP contribution is 2.20. The normalized spacial score (nSPS) is 11.3. The number of nitrogens with zero attached hydrogens (tertiary/aromatic N) is 2. The van der Waals surface area contributed by atoms with Crippen molar-refractivity contribution >= 4 is 23.0 Å². The summed E-state index contributed by atoms with van der Waals surface area (Å²) in [4.78, 5) is 17.1. The second kappa shape index (κ2) is 8.78. The van der Waals surface area contributed by atoms with E-state index in [1.54, 1.807) is 6.08 Å². The van der Waals surface area contributed by atoms with E-state index in [1.807, 2.05) is 54.6 Å². The number of carbonyl (C=O) groups excluding carboxylic acids is 1. The predicted molar refractivity (Wildman–Crippen MR) is 122 cm³/mol. The molecule has 1 amide bonds. The van der Waals surface area contributed by atoms with Gasteiger partial charge < -0.3 is 9.88 Å². The molecule has 4 heteroatoms.